The van der Waals surface area contributed by atoms with Gasteiger partial charge in [-0.1, -0.05) is 6.07 Å². The third-order valence-electron chi connectivity index (χ3n) is 3.17. The van der Waals surface area contributed by atoms with Crippen LogP contribution in [-0.2, 0) is 22.6 Å². The van der Waals surface area contributed by atoms with Gasteiger partial charge in [-0.05, 0) is 11.4 Å². The van der Waals surface area contributed by atoms with Crippen molar-refractivity contribution in [2.75, 3.05) is 26.7 Å². The van der Waals surface area contributed by atoms with Gasteiger partial charge >= 0.3 is 6.18 Å². The summed E-state index contributed by atoms with van der Waals surface area (Å²) in [7, 11) is -1.98. The molecule has 13 heteroatoms. The Bertz CT molecular complexity index is 848. The number of nitrogens with zero attached hydrogens (tertiary/aromatic N) is 2. The number of halogens is 3. The summed E-state index contributed by atoms with van der Waals surface area (Å²) in [5.41, 5.74) is -0.886. The Hall–Kier alpha value is -1.70. The lowest BCUT2D eigenvalue weighted by Gasteiger charge is -2.11. The number of rotatable bonds is 8. The lowest BCUT2D eigenvalue weighted by molar-refractivity contribution is -0.140. The molecule has 2 aromatic heterocycles. The zero-order valence-corrected chi connectivity index (χ0v) is 16.7. The topological polar surface area (TPSA) is 95.5 Å². The van der Waals surface area contributed by atoms with Crippen molar-refractivity contribution in [2.45, 2.75) is 16.8 Å². The van der Waals surface area contributed by atoms with Crippen LogP contribution >= 0.6 is 22.7 Å². The zero-order chi connectivity index (χ0) is 19.9. The SMILES string of the molecule is CN=C(NCCNS(=O)(=O)c1cccs1)NCCc1nc(C(F)(F)F)cs1. The van der Waals surface area contributed by atoms with E-state index in [-0.39, 0.29) is 10.8 Å². The van der Waals surface area contributed by atoms with Crippen LogP contribution < -0.4 is 15.4 Å². The second-order valence-electron chi connectivity index (χ2n) is 5.13. The van der Waals surface area contributed by atoms with E-state index >= 15 is 0 Å². The molecule has 0 saturated heterocycles. The molecule has 0 bridgehead atoms. The smallest absolute Gasteiger partial charge is 0.356 e. The minimum Gasteiger partial charge on any atom is -0.356 e. The van der Waals surface area contributed by atoms with E-state index in [1.54, 1.807) is 11.4 Å². The van der Waals surface area contributed by atoms with Gasteiger partial charge in [-0.25, -0.2) is 18.1 Å². The van der Waals surface area contributed by atoms with E-state index in [2.05, 4.69) is 25.3 Å². The monoisotopic (exact) mass is 441 g/mol. The standard InChI is InChI=1S/C14H18F3N5O2S3/c1-18-13(19-5-4-11-22-10(9-26-11)14(15,16)17)20-6-7-21-27(23,24)12-3-2-8-25-12/h2-3,8-9,21H,4-7H2,1H3,(H2,18,19,20). The lowest BCUT2D eigenvalue weighted by Crippen LogP contribution is -2.42. The van der Waals surface area contributed by atoms with Crippen LogP contribution in [0.25, 0.3) is 0 Å². The highest BCUT2D eigenvalue weighted by Gasteiger charge is 2.33. The first-order valence-electron chi connectivity index (χ1n) is 7.71. The van der Waals surface area contributed by atoms with E-state index in [1.807, 2.05) is 0 Å². The number of hydrogen-bond donors (Lipinski definition) is 3. The minimum absolute atomic E-state index is 0.155. The fraction of sp³-hybridized carbons (Fsp3) is 0.429. The van der Waals surface area contributed by atoms with Gasteiger partial charge in [-0.3, -0.25) is 4.99 Å². The van der Waals surface area contributed by atoms with Crippen LogP contribution in [0, 0.1) is 0 Å². The fourth-order valence-electron chi connectivity index (χ4n) is 1.92. The lowest BCUT2D eigenvalue weighted by atomic mass is 10.4. The first-order valence-corrected chi connectivity index (χ1v) is 11.0. The summed E-state index contributed by atoms with van der Waals surface area (Å²) >= 11 is 2.08. The van der Waals surface area contributed by atoms with Crippen molar-refractivity contribution in [3.63, 3.8) is 0 Å². The number of sulfonamides is 1. The van der Waals surface area contributed by atoms with Gasteiger partial charge in [0.05, 0.1) is 5.01 Å². The van der Waals surface area contributed by atoms with Crippen LogP contribution in [0.1, 0.15) is 10.7 Å². The number of aromatic nitrogens is 1. The number of thiazole rings is 1. The van der Waals surface area contributed by atoms with Crippen LogP contribution in [0.5, 0.6) is 0 Å². The molecule has 2 aromatic rings. The first-order chi connectivity index (χ1) is 12.7. The van der Waals surface area contributed by atoms with Gasteiger partial charge in [0.2, 0.25) is 10.0 Å². The van der Waals surface area contributed by atoms with Gasteiger partial charge in [-0.2, -0.15) is 13.2 Å². The molecule has 0 unspecified atom stereocenters. The molecular weight excluding hydrogens is 423 g/mol. The Morgan fingerprint density at radius 3 is 2.56 bits per heavy atom. The minimum atomic E-state index is -4.43. The van der Waals surface area contributed by atoms with Gasteiger partial charge in [-0.15, -0.1) is 22.7 Å². The summed E-state index contributed by atoms with van der Waals surface area (Å²) in [6.45, 7) is 0.785. The predicted molar refractivity (Wildman–Crippen MR) is 99.7 cm³/mol. The molecule has 0 saturated carbocycles. The largest absolute Gasteiger partial charge is 0.434 e. The van der Waals surface area contributed by atoms with Crippen molar-refractivity contribution in [3.05, 3.63) is 33.6 Å². The molecule has 0 spiro atoms. The molecule has 150 valence electrons. The van der Waals surface area contributed by atoms with Crippen LogP contribution in [-0.4, -0.2) is 46.0 Å². The van der Waals surface area contributed by atoms with E-state index in [9.17, 15) is 21.6 Å². The first kappa shape index (κ1) is 21.6. The second-order valence-corrected chi connectivity index (χ2v) is 9.01. The van der Waals surface area contributed by atoms with Gasteiger partial charge in [0.15, 0.2) is 11.7 Å². The maximum Gasteiger partial charge on any atom is 0.434 e. The number of aliphatic imine (C=N–C) groups is 1. The summed E-state index contributed by atoms with van der Waals surface area (Å²) < 4.78 is 64.1. The molecule has 27 heavy (non-hydrogen) atoms. The Balaban J connectivity index is 1.69. The van der Waals surface area contributed by atoms with Gasteiger partial charge < -0.3 is 10.6 Å². The second kappa shape index (κ2) is 9.48. The maximum atomic E-state index is 12.5. The van der Waals surface area contributed by atoms with E-state index in [0.717, 1.165) is 28.1 Å². The fourth-order valence-corrected chi connectivity index (χ4v) is 4.79. The Labute approximate surface area is 162 Å². The van der Waals surface area contributed by atoms with E-state index < -0.39 is 21.9 Å². The van der Waals surface area contributed by atoms with Gasteiger partial charge in [0.25, 0.3) is 0 Å². The summed E-state index contributed by atoms with van der Waals surface area (Å²) in [5, 5.41) is 8.90. The number of nitrogens with one attached hydrogen (secondary N) is 3. The van der Waals surface area contributed by atoms with Crippen molar-refractivity contribution in [2.24, 2.45) is 4.99 Å². The average Bonchev–Trinajstić information content (AvgIpc) is 3.28. The number of alkyl halides is 3. The Morgan fingerprint density at radius 1 is 1.22 bits per heavy atom. The summed E-state index contributed by atoms with van der Waals surface area (Å²) in [6, 6.07) is 3.17. The molecular formula is C14H18F3N5O2S3. The normalized spacial score (nSPS) is 13.0. The highest BCUT2D eigenvalue weighted by molar-refractivity contribution is 7.91. The van der Waals surface area contributed by atoms with Crippen molar-refractivity contribution < 1.29 is 21.6 Å². The van der Waals surface area contributed by atoms with Gasteiger partial charge in [0.1, 0.15) is 4.21 Å². The molecule has 2 heterocycles. The van der Waals surface area contributed by atoms with E-state index in [1.165, 1.54) is 13.1 Å². The molecule has 0 fully saturated rings. The number of hydrogen-bond acceptors (Lipinski definition) is 6. The summed E-state index contributed by atoms with van der Waals surface area (Å²) in [4.78, 5) is 7.52. The maximum absolute atomic E-state index is 12.5. The van der Waals surface area contributed by atoms with Crippen LogP contribution in [0.4, 0.5) is 13.2 Å². The van der Waals surface area contributed by atoms with Crippen LogP contribution in [0.2, 0.25) is 0 Å². The molecule has 3 N–H and O–H groups in total. The summed E-state index contributed by atoms with van der Waals surface area (Å²) in [6.07, 6.45) is -4.12. The van der Waals surface area contributed by atoms with E-state index in [4.69, 9.17) is 0 Å². The highest BCUT2D eigenvalue weighted by atomic mass is 32.2. The molecule has 0 atom stereocenters. The third kappa shape index (κ3) is 6.75. The molecule has 0 aliphatic carbocycles. The van der Waals surface area contributed by atoms with Crippen molar-refractivity contribution in [3.8, 4) is 0 Å². The average molecular weight is 442 g/mol. The summed E-state index contributed by atoms with van der Waals surface area (Å²) in [5.74, 6) is 0.415. The molecule has 0 amide bonds. The Morgan fingerprint density at radius 2 is 1.96 bits per heavy atom. The van der Waals surface area contributed by atoms with E-state index in [0.29, 0.717) is 30.5 Å². The van der Waals surface area contributed by atoms with Crippen molar-refractivity contribution in [1.82, 2.24) is 20.3 Å². The van der Waals surface area contributed by atoms with Gasteiger partial charge in [0, 0.05) is 38.5 Å². The molecule has 0 aromatic carbocycles. The highest BCUT2D eigenvalue weighted by Crippen LogP contribution is 2.29. The quantitative estimate of drug-likeness (QED) is 0.330. The Kier molecular flexibility index (Phi) is 7.59. The molecule has 0 aliphatic rings. The van der Waals surface area contributed by atoms with Crippen molar-refractivity contribution >= 4 is 38.7 Å². The number of thiophene rings is 1. The third-order valence-corrected chi connectivity index (χ3v) is 6.93. The van der Waals surface area contributed by atoms with Crippen LogP contribution in [0.15, 0.2) is 32.1 Å². The zero-order valence-electron chi connectivity index (χ0n) is 14.2. The van der Waals surface area contributed by atoms with Crippen molar-refractivity contribution in [1.29, 1.82) is 0 Å². The molecule has 0 radical (unpaired) electrons. The molecule has 0 aliphatic heterocycles. The van der Waals surface area contributed by atoms with Crippen LogP contribution in [0.3, 0.4) is 0 Å². The molecule has 2 rings (SSSR count). The predicted octanol–water partition coefficient (Wildman–Crippen LogP) is 1.91. The molecule has 7 nitrogen and oxygen atoms in total. The number of guanidine groups is 1.